The Labute approximate surface area is 204 Å². The lowest BCUT2D eigenvalue weighted by Gasteiger charge is -2.10. The molecule has 0 radical (unpaired) electrons. The second-order valence-electron chi connectivity index (χ2n) is 9.12. The number of unbranched alkanes of at least 4 members (excludes halogenated alkanes) is 7. The van der Waals surface area contributed by atoms with Gasteiger partial charge in [-0.3, -0.25) is 4.79 Å². The van der Waals surface area contributed by atoms with Crippen molar-refractivity contribution in [2.24, 2.45) is 0 Å². The molecule has 5 nitrogen and oxygen atoms in total. The smallest absolute Gasteiger partial charge is 0.224 e. The largest absolute Gasteiger partial charge is 0.497 e. The van der Waals surface area contributed by atoms with Crippen molar-refractivity contribution in [1.82, 2.24) is 14.9 Å². The number of ether oxygens (including phenoxy) is 1. The minimum atomic E-state index is 0.0533. The summed E-state index contributed by atoms with van der Waals surface area (Å²) in [7, 11) is 1.64. The number of hydrogen-bond acceptors (Lipinski definition) is 3. The molecule has 0 aliphatic heterocycles. The van der Waals surface area contributed by atoms with Crippen LogP contribution in [-0.4, -0.2) is 29.1 Å². The lowest BCUT2D eigenvalue weighted by atomic mass is 10.1. The number of nitrogens with one attached hydrogen (secondary N) is 1. The zero-order valence-electron chi connectivity index (χ0n) is 21.0. The molecule has 0 unspecified atom stereocenters. The summed E-state index contributed by atoms with van der Waals surface area (Å²) < 4.78 is 7.57. The minimum absolute atomic E-state index is 0.0533. The number of methoxy groups -OCH3 is 1. The summed E-state index contributed by atoms with van der Waals surface area (Å²) in [5.74, 6) is 1.99. The van der Waals surface area contributed by atoms with Gasteiger partial charge >= 0.3 is 0 Å². The predicted octanol–water partition coefficient (Wildman–Crippen LogP) is 6.48. The molecule has 0 bridgehead atoms. The van der Waals surface area contributed by atoms with Crippen LogP contribution in [0.5, 0.6) is 5.75 Å². The average Bonchev–Trinajstić information content (AvgIpc) is 3.21. The van der Waals surface area contributed by atoms with E-state index < -0.39 is 0 Å². The Morgan fingerprint density at radius 2 is 1.62 bits per heavy atom. The highest BCUT2D eigenvalue weighted by molar-refractivity contribution is 5.78. The van der Waals surface area contributed by atoms with E-state index in [1.807, 2.05) is 24.3 Å². The first-order chi connectivity index (χ1) is 16.7. The maximum absolute atomic E-state index is 12.3. The minimum Gasteiger partial charge on any atom is -0.497 e. The lowest BCUT2D eigenvalue weighted by Crippen LogP contribution is -2.26. The maximum Gasteiger partial charge on any atom is 0.224 e. The van der Waals surface area contributed by atoms with Crippen molar-refractivity contribution in [2.45, 2.75) is 84.1 Å². The van der Waals surface area contributed by atoms with Crippen molar-refractivity contribution in [3.8, 4) is 5.75 Å². The molecule has 3 rings (SSSR count). The molecule has 0 fully saturated rings. The summed E-state index contributed by atoms with van der Waals surface area (Å²) in [6.07, 6.45) is 12.7. The van der Waals surface area contributed by atoms with Gasteiger partial charge in [0.05, 0.1) is 24.6 Å². The Morgan fingerprint density at radius 3 is 2.35 bits per heavy atom. The Balaban J connectivity index is 1.43. The van der Waals surface area contributed by atoms with Gasteiger partial charge in [-0.25, -0.2) is 4.98 Å². The SMILES string of the molecule is CCCCCCCCCCn1c(CCCNC(=O)Cc2ccc(OC)cc2)nc2ccccc21. The topological polar surface area (TPSA) is 56.2 Å². The number of nitrogens with zero attached hydrogens (tertiary/aromatic N) is 2. The van der Waals surface area contributed by atoms with Gasteiger partial charge in [-0.05, 0) is 42.7 Å². The van der Waals surface area contributed by atoms with Crippen LogP contribution in [-0.2, 0) is 24.2 Å². The summed E-state index contributed by atoms with van der Waals surface area (Å²) in [6, 6.07) is 16.1. The Hall–Kier alpha value is -2.82. The van der Waals surface area contributed by atoms with Crippen LogP contribution in [0, 0.1) is 0 Å². The monoisotopic (exact) mass is 463 g/mol. The summed E-state index contributed by atoms with van der Waals surface area (Å²) in [5.41, 5.74) is 3.29. The molecule has 3 aromatic rings. The highest BCUT2D eigenvalue weighted by atomic mass is 16.5. The van der Waals surface area contributed by atoms with E-state index in [0.29, 0.717) is 13.0 Å². The molecule has 2 aromatic carbocycles. The van der Waals surface area contributed by atoms with Gasteiger partial charge in [-0.15, -0.1) is 0 Å². The fourth-order valence-electron chi connectivity index (χ4n) is 4.44. The van der Waals surface area contributed by atoms with Crippen LogP contribution in [0.2, 0.25) is 0 Å². The number of para-hydroxylation sites is 2. The molecule has 1 N–H and O–H groups in total. The normalized spacial score (nSPS) is 11.1. The van der Waals surface area contributed by atoms with Gasteiger partial charge in [0.25, 0.3) is 0 Å². The van der Waals surface area contributed by atoms with E-state index in [9.17, 15) is 4.79 Å². The zero-order chi connectivity index (χ0) is 24.0. The molecule has 0 saturated carbocycles. The van der Waals surface area contributed by atoms with Gasteiger partial charge in [0.2, 0.25) is 5.91 Å². The van der Waals surface area contributed by atoms with Gasteiger partial charge in [0.1, 0.15) is 11.6 Å². The van der Waals surface area contributed by atoms with Crippen LogP contribution in [0.1, 0.15) is 76.1 Å². The number of imidazole rings is 1. The molecule has 5 heteroatoms. The van der Waals surface area contributed by atoms with Gasteiger partial charge in [-0.1, -0.05) is 76.1 Å². The van der Waals surface area contributed by atoms with Crippen molar-refractivity contribution < 1.29 is 9.53 Å². The number of rotatable bonds is 16. The van der Waals surface area contributed by atoms with Crippen molar-refractivity contribution >= 4 is 16.9 Å². The van der Waals surface area contributed by atoms with E-state index in [-0.39, 0.29) is 5.91 Å². The maximum atomic E-state index is 12.3. The van der Waals surface area contributed by atoms with Crippen molar-refractivity contribution in [3.05, 3.63) is 59.9 Å². The molecule has 0 atom stereocenters. The average molecular weight is 464 g/mol. The van der Waals surface area contributed by atoms with E-state index in [0.717, 1.165) is 42.0 Å². The highest BCUT2D eigenvalue weighted by Crippen LogP contribution is 2.19. The number of aryl methyl sites for hydroxylation is 2. The first kappa shape index (κ1) is 25.8. The van der Waals surface area contributed by atoms with Gasteiger partial charge < -0.3 is 14.6 Å². The predicted molar refractivity (Wildman–Crippen MR) is 140 cm³/mol. The van der Waals surface area contributed by atoms with Crippen LogP contribution in [0.4, 0.5) is 0 Å². The van der Waals surface area contributed by atoms with E-state index in [1.54, 1.807) is 7.11 Å². The zero-order valence-corrected chi connectivity index (χ0v) is 21.0. The Bertz CT molecular complexity index is 994. The summed E-state index contributed by atoms with van der Waals surface area (Å²) in [6.45, 7) is 3.95. The number of hydrogen-bond donors (Lipinski definition) is 1. The van der Waals surface area contributed by atoms with Crippen LogP contribution in [0.25, 0.3) is 11.0 Å². The quantitative estimate of drug-likeness (QED) is 0.247. The molecule has 0 saturated heterocycles. The van der Waals surface area contributed by atoms with Gasteiger partial charge in [0.15, 0.2) is 0 Å². The third kappa shape index (κ3) is 8.19. The number of aromatic nitrogens is 2. The van der Waals surface area contributed by atoms with E-state index in [1.165, 1.54) is 56.9 Å². The molecule has 0 aliphatic carbocycles. The van der Waals surface area contributed by atoms with Crippen molar-refractivity contribution in [2.75, 3.05) is 13.7 Å². The second kappa shape index (κ2) is 14.4. The van der Waals surface area contributed by atoms with Gasteiger partial charge in [0, 0.05) is 19.5 Å². The first-order valence-electron chi connectivity index (χ1n) is 13.0. The highest BCUT2D eigenvalue weighted by Gasteiger charge is 2.10. The van der Waals surface area contributed by atoms with Crippen LogP contribution in [0.15, 0.2) is 48.5 Å². The molecule has 184 valence electrons. The third-order valence-corrected chi connectivity index (χ3v) is 6.39. The van der Waals surface area contributed by atoms with Crippen LogP contribution >= 0.6 is 0 Å². The van der Waals surface area contributed by atoms with E-state index in [2.05, 4.69) is 41.1 Å². The molecule has 0 aliphatic rings. The van der Waals surface area contributed by atoms with E-state index in [4.69, 9.17) is 9.72 Å². The fraction of sp³-hybridized carbons (Fsp3) is 0.517. The summed E-state index contributed by atoms with van der Waals surface area (Å²) in [4.78, 5) is 17.2. The van der Waals surface area contributed by atoms with Crippen molar-refractivity contribution in [3.63, 3.8) is 0 Å². The molecule has 0 spiro atoms. The molecule has 1 amide bonds. The number of carbonyl (C=O) groups is 1. The molecule has 34 heavy (non-hydrogen) atoms. The Morgan fingerprint density at radius 1 is 0.912 bits per heavy atom. The molecule has 1 aromatic heterocycles. The van der Waals surface area contributed by atoms with Gasteiger partial charge in [-0.2, -0.15) is 0 Å². The first-order valence-corrected chi connectivity index (χ1v) is 13.0. The van der Waals surface area contributed by atoms with Crippen LogP contribution < -0.4 is 10.1 Å². The van der Waals surface area contributed by atoms with Crippen molar-refractivity contribution in [1.29, 1.82) is 0 Å². The number of fused-ring (bicyclic) bond motifs is 1. The second-order valence-corrected chi connectivity index (χ2v) is 9.12. The standard InChI is InChI=1S/C29H41N3O2/c1-3-4-5-6-7-8-9-12-22-32-27-15-11-10-14-26(27)31-28(32)16-13-21-30-29(33)23-24-17-19-25(34-2)20-18-24/h10-11,14-15,17-20H,3-9,12-13,16,21-23H2,1-2H3,(H,30,33). The number of amides is 1. The lowest BCUT2D eigenvalue weighted by molar-refractivity contribution is -0.120. The third-order valence-electron chi connectivity index (χ3n) is 6.39. The summed E-state index contributed by atoms with van der Waals surface area (Å²) in [5, 5.41) is 3.06. The molecular weight excluding hydrogens is 422 g/mol. The summed E-state index contributed by atoms with van der Waals surface area (Å²) >= 11 is 0. The molecular formula is C29H41N3O2. The molecule has 1 heterocycles. The fourth-order valence-corrected chi connectivity index (χ4v) is 4.44. The number of carbonyl (C=O) groups excluding carboxylic acids is 1. The van der Waals surface area contributed by atoms with Crippen LogP contribution in [0.3, 0.4) is 0 Å². The van der Waals surface area contributed by atoms with E-state index >= 15 is 0 Å². The Kier molecular flexibility index (Phi) is 11.0. The number of benzene rings is 2.